The molecule has 2 aliphatic rings. The lowest BCUT2D eigenvalue weighted by Crippen LogP contribution is -2.15. The highest BCUT2D eigenvalue weighted by molar-refractivity contribution is 7.19. The number of benzene rings is 1. The van der Waals surface area contributed by atoms with Gasteiger partial charge >= 0.3 is 0 Å². The Hall–Kier alpha value is -2.34. The highest BCUT2D eigenvalue weighted by atomic mass is 32.1. The van der Waals surface area contributed by atoms with Gasteiger partial charge in [0.2, 0.25) is 0 Å². The molecule has 1 aliphatic carbocycles. The van der Waals surface area contributed by atoms with Crippen molar-refractivity contribution < 1.29 is 9.47 Å². The van der Waals surface area contributed by atoms with E-state index in [9.17, 15) is 0 Å². The number of anilines is 1. The average Bonchev–Trinajstić information content (AvgIpc) is 3.23. The van der Waals surface area contributed by atoms with Crippen LogP contribution in [-0.4, -0.2) is 29.7 Å². The first-order valence-corrected chi connectivity index (χ1v) is 9.58. The van der Waals surface area contributed by atoms with Crippen LogP contribution in [-0.2, 0) is 19.3 Å². The molecule has 3 heterocycles. The molecule has 1 aromatic carbocycles. The zero-order valence-corrected chi connectivity index (χ0v) is 14.7. The zero-order chi connectivity index (χ0) is 16.6. The fourth-order valence-corrected chi connectivity index (χ4v) is 4.86. The van der Waals surface area contributed by atoms with Crippen molar-refractivity contribution >= 4 is 27.4 Å². The van der Waals surface area contributed by atoms with Crippen molar-refractivity contribution in [3.05, 3.63) is 40.5 Å². The normalized spacial score (nSPS) is 15.4. The Labute approximate surface area is 150 Å². The molecule has 0 spiro atoms. The van der Waals surface area contributed by atoms with Gasteiger partial charge in [-0.3, -0.25) is 0 Å². The maximum absolute atomic E-state index is 5.66. The van der Waals surface area contributed by atoms with Gasteiger partial charge in [0.05, 0.1) is 5.39 Å². The van der Waals surface area contributed by atoms with Gasteiger partial charge in [-0.05, 0) is 48.9 Å². The van der Waals surface area contributed by atoms with Gasteiger partial charge in [-0.15, -0.1) is 11.3 Å². The third kappa shape index (κ3) is 2.70. The summed E-state index contributed by atoms with van der Waals surface area (Å²) in [7, 11) is 0. The van der Waals surface area contributed by atoms with Gasteiger partial charge in [-0.1, -0.05) is 6.07 Å². The van der Waals surface area contributed by atoms with E-state index < -0.39 is 0 Å². The third-order valence-corrected chi connectivity index (χ3v) is 6.01. The second kappa shape index (κ2) is 6.19. The average molecular weight is 353 g/mol. The molecule has 0 amide bonds. The van der Waals surface area contributed by atoms with Crippen molar-refractivity contribution in [1.29, 1.82) is 0 Å². The Balaban J connectivity index is 1.33. The monoisotopic (exact) mass is 353 g/mol. The van der Waals surface area contributed by atoms with Gasteiger partial charge < -0.3 is 14.8 Å². The van der Waals surface area contributed by atoms with E-state index in [-0.39, 0.29) is 0 Å². The van der Waals surface area contributed by atoms with Gasteiger partial charge in [-0.25, -0.2) is 9.97 Å². The minimum absolute atomic E-state index is 0.622. The molecule has 25 heavy (non-hydrogen) atoms. The molecule has 1 aliphatic heterocycles. The standard InChI is InChI=1S/C19H19N3O2S/c1-2-13-16(3-1)25-19-17(13)18(21-11-22-19)20-7-6-12-4-5-14-15(10-12)24-9-8-23-14/h4-5,10-11H,1-3,6-9H2,(H,20,21,22). The summed E-state index contributed by atoms with van der Waals surface area (Å²) in [6.07, 6.45) is 6.17. The number of thiophene rings is 1. The summed E-state index contributed by atoms with van der Waals surface area (Å²) >= 11 is 1.82. The third-order valence-electron chi connectivity index (χ3n) is 4.81. The van der Waals surface area contributed by atoms with Gasteiger partial charge in [0.1, 0.15) is 30.2 Å². The summed E-state index contributed by atoms with van der Waals surface area (Å²) in [5, 5.41) is 4.75. The number of nitrogens with one attached hydrogen (secondary N) is 1. The lowest BCUT2D eigenvalue weighted by Gasteiger charge is -2.19. The number of hydrogen-bond acceptors (Lipinski definition) is 6. The highest BCUT2D eigenvalue weighted by Crippen LogP contribution is 2.39. The van der Waals surface area contributed by atoms with Crippen LogP contribution < -0.4 is 14.8 Å². The van der Waals surface area contributed by atoms with E-state index in [0.717, 1.165) is 41.5 Å². The molecule has 0 atom stereocenters. The highest BCUT2D eigenvalue weighted by Gasteiger charge is 2.21. The van der Waals surface area contributed by atoms with Crippen molar-refractivity contribution in [2.45, 2.75) is 25.7 Å². The van der Waals surface area contributed by atoms with Gasteiger partial charge in [-0.2, -0.15) is 0 Å². The first-order valence-electron chi connectivity index (χ1n) is 8.76. The minimum atomic E-state index is 0.622. The summed E-state index contributed by atoms with van der Waals surface area (Å²) < 4.78 is 11.2. The van der Waals surface area contributed by atoms with Crippen molar-refractivity contribution in [2.24, 2.45) is 0 Å². The van der Waals surface area contributed by atoms with Crippen LogP contribution in [0, 0.1) is 0 Å². The van der Waals surface area contributed by atoms with Crippen LogP contribution >= 0.6 is 11.3 Å². The molecule has 2 aromatic heterocycles. The van der Waals surface area contributed by atoms with Crippen molar-refractivity contribution in [2.75, 3.05) is 25.1 Å². The summed E-state index contributed by atoms with van der Waals surface area (Å²) in [4.78, 5) is 11.6. The number of hydrogen-bond donors (Lipinski definition) is 1. The molecular weight excluding hydrogens is 334 g/mol. The Morgan fingerprint density at radius 2 is 2.00 bits per heavy atom. The number of ether oxygens (including phenoxy) is 2. The maximum Gasteiger partial charge on any atom is 0.161 e. The fourth-order valence-electron chi connectivity index (χ4n) is 3.63. The number of aromatic nitrogens is 2. The van der Waals surface area contributed by atoms with E-state index in [1.165, 1.54) is 34.2 Å². The van der Waals surface area contributed by atoms with E-state index in [0.29, 0.717) is 13.2 Å². The van der Waals surface area contributed by atoms with Crippen molar-refractivity contribution in [3.8, 4) is 11.5 Å². The molecule has 5 rings (SSSR count). The molecule has 0 fully saturated rings. The van der Waals surface area contributed by atoms with Crippen LogP contribution in [0.1, 0.15) is 22.4 Å². The molecule has 0 unspecified atom stereocenters. The number of aryl methyl sites for hydroxylation is 2. The first kappa shape index (κ1) is 15.0. The second-order valence-electron chi connectivity index (χ2n) is 6.41. The smallest absolute Gasteiger partial charge is 0.161 e. The first-order chi connectivity index (χ1) is 12.4. The van der Waals surface area contributed by atoms with E-state index in [1.807, 2.05) is 17.4 Å². The molecule has 128 valence electrons. The van der Waals surface area contributed by atoms with Gasteiger partial charge in [0, 0.05) is 11.4 Å². The van der Waals surface area contributed by atoms with Crippen LogP contribution in [0.25, 0.3) is 10.2 Å². The van der Waals surface area contributed by atoms with Crippen LogP contribution in [0.3, 0.4) is 0 Å². The van der Waals surface area contributed by atoms with Crippen LogP contribution in [0.2, 0.25) is 0 Å². The summed E-state index contributed by atoms with van der Waals surface area (Å²) in [5.74, 6) is 2.67. The number of nitrogens with zero attached hydrogens (tertiary/aromatic N) is 2. The Morgan fingerprint density at radius 1 is 1.08 bits per heavy atom. The molecule has 0 saturated carbocycles. The topological polar surface area (TPSA) is 56.3 Å². The van der Waals surface area contributed by atoms with Crippen LogP contribution in [0.15, 0.2) is 24.5 Å². The molecule has 0 bridgehead atoms. The lowest BCUT2D eigenvalue weighted by atomic mass is 10.1. The predicted molar refractivity (Wildman–Crippen MR) is 99.1 cm³/mol. The minimum Gasteiger partial charge on any atom is -0.486 e. The van der Waals surface area contributed by atoms with E-state index in [2.05, 4.69) is 27.4 Å². The molecular formula is C19H19N3O2S. The predicted octanol–water partition coefficient (Wildman–Crippen LogP) is 3.61. The molecule has 0 radical (unpaired) electrons. The quantitative estimate of drug-likeness (QED) is 0.776. The van der Waals surface area contributed by atoms with Crippen LogP contribution in [0.5, 0.6) is 11.5 Å². The summed E-state index contributed by atoms with van der Waals surface area (Å²) in [6, 6.07) is 6.18. The number of rotatable bonds is 4. The molecule has 3 aromatic rings. The van der Waals surface area contributed by atoms with E-state index in [1.54, 1.807) is 6.33 Å². The Morgan fingerprint density at radius 3 is 2.96 bits per heavy atom. The van der Waals surface area contributed by atoms with Gasteiger partial charge in [0.15, 0.2) is 11.5 Å². The Bertz CT molecular complexity index is 938. The largest absolute Gasteiger partial charge is 0.486 e. The molecule has 0 saturated heterocycles. The summed E-state index contributed by atoms with van der Waals surface area (Å²) in [5.41, 5.74) is 2.69. The van der Waals surface area contributed by atoms with E-state index in [4.69, 9.17) is 9.47 Å². The van der Waals surface area contributed by atoms with Gasteiger partial charge in [0.25, 0.3) is 0 Å². The van der Waals surface area contributed by atoms with E-state index >= 15 is 0 Å². The lowest BCUT2D eigenvalue weighted by molar-refractivity contribution is 0.171. The number of fused-ring (bicyclic) bond motifs is 4. The van der Waals surface area contributed by atoms with Crippen molar-refractivity contribution in [1.82, 2.24) is 9.97 Å². The molecule has 5 nitrogen and oxygen atoms in total. The van der Waals surface area contributed by atoms with Crippen LogP contribution in [0.4, 0.5) is 5.82 Å². The second-order valence-corrected chi connectivity index (χ2v) is 7.50. The maximum atomic E-state index is 5.66. The van der Waals surface area contributed by atoms with Crippen molar-refractivity contribution in [3.63, 3.8) is 0 Å². The molecule has 1 N–H and O–H groups in total. The summed E-state index contributed by atoms with van der Waals surface area (Å²) in [6.45, 7) is 2.08. The SMILES string of the molecule is c1nc(NCCc2ccc3c(c2)OCCO3)c2c3c(sc2n1)CCC3. The molecule has 6 heteroatoms. The Kier molecular flexibility index (Phi) is 3.70. The zero-order valence-electron chi connectivity index (χ0n) is 13.9. The fraction of sp³-hybridized carbons (Fsp3) is 0.368.